The zero-order valence-corrected chi connectivity index (χ0v) is 11.9. The zero-order valence-electron chi connectivity index (χ0n) is 11.9. The summed E-state index contributed by atoms with van der Waals surface area (Å²) in [5.41, 5.74) is 9.90. The molecule has 0 heterocycles. The van der Waals surface area contributed by atoms with Crippen molar-refractivity contribution in [1.82, 2.24) is 0 Å². The molecule has 20 heavy (non-hydrogen) atoms. The molecule has 2 aromatic rings. The van der Waals surface area contributed by atoms with E-state index < -0.39 is 0 Å². The van der Waals surface area contributed by atoms with Crippen LogP contribution in [0, 0.1) is 25.7 Å². The molecule has 2 aromatic carbocycles. The van der Waals surface area contributed by atoms with Gasteiger partial charge in [-0.3, -0.25) is 0 Å². The quantitative estimate of drug-likeness (QED) is 0.865. The summed E-state index contributed by atoms with van der Waals surface area (Å²) in [6, 6.07) is 14.2. The zero-order chi connectivity index (χ0) is 14.4. The van der Waals surface area contributed by atoms with Crippen molar-refractivity contribution in [2.45, 2.75) is 20.5 Å². The van der Waals surface area contributed by atoms with Gasteiger partial charge in [-0.05, 0) is 48.7 Å². The molecular weight excluding hydrogens is 246 g/mol. The van der Waals surface area contributed by atoms with Gasteiger partial charge in [0.15, 0.2) is 0 Å². The summed E-state index contributed by atoms with van der Waals surface area (Å²) < 4.78 is 5.87. The number of rotatable bonds is 3. The van der Waals surface area contributed by atoms with Crippen LogP contribution in [0.3, 0.4) is 0 Å². The van der Waals surface area contributed by atoms with E-state index in [1.54, 1.807) is 0 Å². The molecule has 102 valence electrons. The first kappa shape index (κ1) is 14.2. The molecule has 0 aliphatic heterocycles. The van der Waals surface area contributed by atoms with Crippen LogP contribution in [0.1, 0.15) is 22.3 Å². The second kappa shape index (κ2) is 6.79. The highest BCUT2D eigenvalue weighted by Gasteiger charge is 2.02. The fourth-order valence-corrected chi connectivity index (χ4v) is 1.88. The lowest BCUT2D eigenvalue weighted by Gasteiger charge is -2.10. The monoisotopic (exact) mass is 265 g/mol. The van der Waals surface area contributed by atoms with Crippen LogP contribution in [-0.2, 0) is 6.61 Å². The summed E-state index contributed by atoms with van der Waals surface area (Å²) in [6.07, 6.45) is 0. The van der Waals surface area contributed by atoms with Crippen molar-refractivity contribution in [1.29, 1.82) is 0 Å². The first-order chi connectivity index (χ1) is 9.70. The molecule has 2 nitrogen and oxygen atoms in total. The Hall–Kier alpha value is -2.24. The van der Waals surface area contributed by atoms with Gasteiger partial charge in [0.25, 0.3) is 0 Å². The van der Waals surface area contributed by atoms with Crippen molar-refractivity contribution in [3.8, 4) is 17.6 Å². The summed E-state index contributed by atoms with van der Waals surface area (Å²) >= 11 is 0. The summed E-state index contributed by atoms with van der Waals surface area (Å²) in [5, 5.41) is 0. The molecule has 2 rings (SSSR count). The Labute approximate surface area is 120 Å². The van der Waals surface area contributed by atoms with Crippen molar-refractivity contribution in [2.75, 3.05) is 6.54 Å². The average molecular weight is 265 g/mol. The van der Waals surface area contributed by atoms with Crippen molar-refractivity contribution in [2.24, 2.45) is 5.73 Å². The number of ether oxygens (including phenoxy) is 1. The third-order valence-corrected chi connectivity index (χ3v) is 3.24. The van der Waals surface area contributed by atoms with E-state index in [-0.39, 0.29) is 0 Å². The third-order valence-electron chi connectivity index (χ3n) is 3.24. The second-order valence-corrected chi connectivity index (χ2v) is 4.69. The molecule has 0 radical (unpaired) electrons. The SMILES string of the molecule is Cc1cccc(OCc2ccc(C#CCN)cc2)c1C. The molecule has 0 aliphatic rings. The molecule has 0 spiro atoms. The van der Waals surface area contributed by atoms with Gasteiger partial charge in [0.05, 0.1) is 6.54 Å². The Morgan fingerprint density at radius 2 is 1.80 bits per heavy atom. The highest BCUT2D eigenvalue weighted by molar-refractivity contribution is 5.39. The molecular formula is C18H19NO. The van der Waals surface area contributed by atoms with Gasteiger partial charge in [-0.2, -0.15) is 0 Å². The van der Waals surface area contributed by atoms with Gasteiger partial charge in [-0.1, -0.05) is 36.1 Å². The topological polar surface area (TPSA) is 35.2 Å². The Morgan fingerprint density at radius 1 is 1.05 bits per heavy atom. The minimum Gasteiger partial charge on any atom is -0.489 e. The Bertz CT molecular complexity index is 633. The molecule has 0 aromatic heterocycles. The van der Waals surface area contributed by atoms with Crippen molar-refractivity contribution in [3.05, 3.63) is 64.7 Å². The van der Waals surface area contributed by atoms with E-state index in [4.69, 9.17) is 10.5 Å². The van der Waals surface area contributed by atoms with E-state index in [2.05, 4.69) is 31.8 Å². The van der Waals surface area contributed by atoms with Crippen LogP contribution >= 0.6 is 0 Å². The lowest BCUT2D eigenvalue weighted by atomic mass is 10.1. The number of hydrogen-bond acceptors (Lipinski definition) is 2. The molecule has 0 saturated carbocycles. The van der Waals surface area contributed by atoms with Crippen molar-refractivity contribution < 1.29 is 4.74 Å². The number of aryl methyl sites for hydroxylation is 1. The van der Waals surface area contributed by atoms with Crippen LogP contribution in [0.2, 0.25) is 0 Å². The van der Waals surface area contributed by atoms with Gasteiger partial charge in [-0.15, -0.1) is 0 Å². The molecule has 0 unspecified atom stereocenters. The summed E-state index contributed by atoms with van der Waals surface area (Å²) in [6.45, 7) is 5.12. The molecule has 2 N–H and O–H groups in total. The van der Waals surface area contributed by atoms with Gasteiger partial charge in [0.1, 0.15) is 12.4 Å². The highest BCUT2D eigenvalue weighted by atomic mass is 16.5. The van der Waals surface area contributed by atoms with Crippen LogP contribution in [0.4, 0.5) is 0 Å². The van der Waals surface area contributed by atoms with Gasteiger partial charge in [0, 0.05) is 5.56 Å². The predicted octanol–water partition coefficient (Wildman–Crippen LogP) is 3.19. The third kappa shape index (κ3) is 3.63. The van der Waals surface area contributed by atoms with Gasteiger partial charge < -0.3 is 10.5 Å². The van der Waals surface area contributed by atoms with Gasteiger partial charge in [-0.25, -0.2) is 0 Å². The molecule has 0 atom stereocenters. The Kier molecular flexibility index (Phi) is 4.81. The first-order valence-electron chi connectivity index (χ1n) is 6.67. The van der Waals surface area contributed by atoms with Crippen molar-refractivity contribution >= 4 is 0 Å². The lowest BCUT2D eigenvalue weighted by Crippen LogP contribution is -1.98. The fourth-order valence-electron chi connectivity index (χ4n) is 1.88. The van der Waals surface area contributed by atoms with E-state index in [1.807, 2.05) is 36.4 Å². The summed E-state index contributed by atoms with van der Waals surface area (Å²) in [4.78, 5) is 0. The van der Waals surface area contributed by atoms with E-state index >= 15 is 0 Å². The van der Waals surface area contributed by atoms with E-state index in [0.717, 1.165) is 16.9 Å². The van der Waals surface area contributed by atoms with E-state index in [9.17, 15) is 0 Å². The number of nitrogens with two attached hydrogens (primary N) is 1. The van der Waals surface area contributed by atoms with Gasteiger partial charge in [0.2, 0.25) is 0 Å². The minimum atomic E-state index is 0.386. The molecule has 0 bridgehead atoms. The predicted molar refractivity (Wildman–Crippen MR) is 82.6 cm³/mol. The van der Waals surface area contributed by atoms with Crippen molar-refractivity contribution in [3.63, 3.8) is 0 Å². The smallest absolute Gasteiger partial charge is 0.122 e. The van der Waals surface area contributed by atoms with Crippen LogP contribution in [0.15, 0.2) is 42.5 Å². The van der Waals surface area contributed by atoms with Gasteiger partial charge >= 0.3 is 0 Å². The molecule has 2 heteroatoms. The lowest BCUT2D eigenvalue weighted by molar-refractivity contribution is 0.304. The van der Waals surface area contributed by atoms with Crippen LogP contribution in [-0.4, -0.2) is 6.54 Å². The standard InChI is InChI=1S/C18H19NO/c1-14-5-3-7-18(15(14)2)20-13-17-10-8-16(9-11-17)6-4-12-19/h3,5,7-11H,12-13,19H2,1-2H3. The maximum absolute atomic E-state index is 5.87. The minimum absolute atomic E-state index is 0.386. The van der Waals surface area contributed by atoms with E-state index in [1.165, 1.54) is 11.1 Å². The fraction of sp³-hybridized carbons (Fsp3) is 0.222. The molecule has 0 fully saturated rings. The molecule has 0 saturated heterocycles. The normalized spacial score (nSPS) is 9.75. The summed E-state index contributed by atoms with van der Waals surface area (Å²) in [7, 11) is 0. The number of benzene rings is 2. The van der Waals surface area contributed by atoms with E-state index in [0.29, 0.717) is 13.2 Å². The largest absolute Gasteiger partial charge is 0.489 e. The van der Waals surface area contributed by atoms with Crippen LogP contribution in [0.5, 0.6) is 5.75 Å². The maximum Gasteiger partial charge on any atom is 0.122 e. The highest BCUT2D eigenvalue weighted by Crippen LogP contribution is 2.21. The molecule has 0 aliphatic carbocycles. The first-order valence-corrected chi connectivity index (χ1v) is 6.67. The molecule has 0 amide bonds. The second-order valence-electron chi connectivity index (χ2n) is 4.69. The maximum atomic E-state index is 5.87. The number of hydrogen-bond donors (Lipinski definition) is 1. The van der Waals surface area contributed by atoms with Crippen LogP contribution < -0.4 is 10.5 Å². The Morgan fingerprint density at radius 3 is 2.50 bits per heavy atom. The Balaban J connectivity index is 2.02. The average Bonchev–Trinajstić information content (AvgIpc) is 2.48. The van der Waals surface area contributed by atoms with Crippen LogP contribution in [0.25, 0.3) is 0 Å². The summed E-state index contributed by atoms with van der Waals surface area (Å²) in [5.74, 6) is 6.79.